The number of esters is 2. The van der Waals surface area contributed by atoms with Gasteiger partial charge in [0.25, 0.3) is 5.56 Å². The van der Waals surface area contributed by atoms with Gasteiger partial charge in [0.15, 0.2) is 22.9 Å². The molecular formula is C36H33N3O8S. The first kappa shape index (κ1) is 33.7. The number of aromatic nitrogens is 1. The predicted molar refractivity (Wildman–Crippen MR) is 177 cm³/mol. The molecule has 1 aliphatic heterocycles. The van der Waals surface area contributed by atoms with Crippen LogP contribution in [0, 0.1) is 11.3 Å². The molecule has 4 aromatic rings. The minimum Gasteiger partial charge on any atom is -0.490 e. The standard InChI is InChI=1S/C36H33N3O8S/c1-5-44-29-18-24(13-16-28(29)47-21-31(40)43-4)33-32(35(42)45-6-2)22(3)38-36-39(33)34(41)30(48-36)17-23-11-14-27(15-12-23)46-20-26-10-8-7-9-25(26)19-37/h7-18,33H,5-6,20-21H2,1-4H3/b30-17-/t33-/m0/s1. The van der Waals surface area contributed by atoms with Gasteiger partial charge in [-0.3, -0.25) is 9.36 Å². The number of hydrogen-bond donors (Lipinski definition) is 0. The van der Waals surface area contributed by atoms with E-state index < -0.39 is 18.0 Å². The van der Waals surface area contributed by atoms with Crippen molar-refractivity contribution in [3.05, 3.63) is 120 Å². The molecule has 3 aromatic carbocycles. The lowest BCUT2D eigenvalue weighted by Crippen LogP contribution is -2.40. The number of nitriles is 1. The fourth-order valence-corrected chi connectivity index (χ4v) is 6.16. The molecule has 0 aliphatic carbocycles. The van der Waals surface area contributed by atoms with E-state index in [-0.39, 0.29) is 31.0 Å². The zero-order valence-electron chi connectivity index (χ0n) is 26.8. The number of fused-ring (bicyclic) bond motifs is 1. The van der Waals surface area contributed by atoms with Crippen LogP contribution in [-0.2, 0) is 25.7 Å². The molecule has 1 aliphatic rings. The maximum Gasteiger partial charge on any atom is 0.343 e. The SMILES string of the molecule is CCOC(=O)C1=C(C)N=c2s/c(=C\c3ccc(OCc4ccccc4C#N)cc3)c(=O)n2[C@H]1c1ccc(OCC(=O)OC)c(OCC)c1. The average molecular weight is 668 g/mol. The van der Waals surface area contributed by atoms with Gasteiger partial charge < -0.3 is 23.7 Å². The first-order valence-electron chi connectivity index (χ1n) is 15.1. The van der Waals surface area contributed by atoms with E-state index in [1.165, 1.54) is 23.0 Å². The number of thiazole rings is 1. The predicted octanol–water partition coefficient (Wildman–Crippen LogP) is 4.20. The Morgan fingerprint density at radius 3 is 2.48 bits per heavy atom. The summed E-state index contributed by atoms with van der Waals surface area (Å²) in [7, 11) is 1.27. The normalized spacial score (nSPS) is 14.0. The largest absolute Gasteiger partial charge is 0.490 e. The van der Waals surface area contributed by atoms with Crippen LogP contribution in [0.25, 0.3) is 6.08 Å². The summed E-state index contributed by atoms with van der Waals surface area (Å²) >= 11 is 1.21. The van der Waals surface area contributed by atoms with Crippen LogP contribution in [0.1, 0.15) is 49.1 Å². The smallest absolute Gasteiger partial charge is 0.343 e. The van der Waals surface area contributed by atoms with Gasteiger partial charge in [0.1, 0.15) is 12.4 Å². The maximum absolute atomic E-state index is 14.1. The van der Waals surface area contributed by atoms with Crippen molar-refractivity contribution in [1.29, 1.82) is 5.26 Å². The van der Waals surface area contributed by atoms with Gasteiger partial charge in [-0.15, -0.1) is 0 Å². The summed E-state index contributed by atoms with van der Waals surface area (Å²) < 4.78 is 29.3. The second kappa shape index (κ2) is 15.3. The number of rotatable bonds is 12. The molecule has 1 aromatic heterocycles. The van der Waals surface area contributed by atoms with E-state index in [4.69, 9.17) is 18.9 Å². The third-order valence-electron chi connectivity index (χ3n) is 7.38. The highest BCUT2D eigenvalue weighted by Gasteiger charge is 2.34. The molecule has 0 amide bonds. The second-order valence-electron chi connectivity index (χ2n) is 10.4. The minimum absolute atomic E-state index is 0.141. The Hall–Kier alpha value is -5.67. The molecule has 11 nitrogen and oxygen atoms in total. The number of carbonyl (C=O) groups is 2. The van der Waals surface area contributed by atoms with Crippen molar-refractivity contribution in [2.24, 2.45) is 4.99 Å². The monoisotopic (exact) mass is 667 g/mol. The molecular weight excluding hydrogens is 634 g/mol. The van der Waals surface area contributed by atoms with Crippen molar-refractivity contribution >= 4 is 29.4 Å². The number of ether oxygens (including phenoxy) is 5. The van der Waals surface area contributed by atoms with E-state index in [1.807, 2.05) is 24.3 Å². The van der Waals surface area contributed by atoms with Crippen LogP contribution < -0.4 is 29.1 Å². The second-order valence-corrected chi connectivity index (χ2v) is 11.4. The summed E-state index contributed by atoms with van der Waals surface area (Å²) in [5.74, 6) is 0.103. The summed E-state index contributed by atoms with van der Waals surface area (Å²) in [6.45, 7) is 5.59. The summed E-state index contributed by atoms with van der Waals surface area (Å²) in [6, 6.07) is 20.8. The highest BCUT2D eigenvalue weighted by Crippen LogP contribution is 2.36. The molecule has 0 fully saturated rings. The zero-order chi connectivity index (χ0) is 34.2. The first-order valence-corrected chi connectivity index (χ1v) is 16.0. The van der Waals surface area contributed by atoms with Crippen molar-refractivity contribution in [2.45, 2.75) is 33.4 Å². The Bertz CT molecular complexity index is 2090. The summed E-state index contributed by atoms with van der Waals surface area (Å²) in [5, 5.41) is 9.33. The van der Waals surface area contributed by atoms with E-state index in [0.29, 0.717) is 50.0 Å². The van der Waals surface area contributed by atoms with Crippen LogP contribution in [0.15, 0.2) is 87.8 Å². The molecule has 0 radical (unpaired) electrons. The van der Waals surface area contributed by atoms with Crippen molar-refractivity contribution in [3.8, 4) is 23.3 Å². The van der Waals surface area contributed by atoms with Gasteiger partial charge in [-0.25, -0.2) is 14.6 Å². The van der Waals surface area contributed by atoms with Gasteiger partial charge in [-0.2, -0.15) is 5.26 Å². The Kier molecular flexibility index (Phi) is 10.7. The lowest BCUT2D eigenvalue weighted by Gasteiger charge is -2.25. The lowest BCUT2D eigenvalue weighted by atomic mass is 9.95. The first-order chi connectivity index (χ1) is 23.3. The molecule has 2 heterocycles. The van der Waals surface area contributed by atoms with E-state index in [2.05, 4.69) is 15.8 Å². The van der Waals surface area contributed by atoms with E-state index >= 15 is 0 Å². The molecule has 0 spiro atoms. The summed E-state index contributed by atoms with van der Waals surface area (Å²) in [6.07, 6.45) is 1.76. The number of carbonyl (C=O) groups excluding carboxylic acids is 2. The molecule has 0 saturated carbocycles. The van der Waals surface area contributed by atoms with Gasteiger partial charge in [-0.1, -0.05) is 47.7 Å². The van der Waals surface area contributed by atoms with E-state index in [9.17, 15) is 19.6 Å². The Morgan fingerprint density at radius 2 is 1.77 bits per heavy atom. The molecule has 0 N–H and O–H groups in total. The molecule has 0 saturated heterocycles. The third-order valence-corrected chi connectivity index (χ3v) is 8.37. The number of nitrogens with zero attached hydrogens (tertiary/aromatic N) is 3. The highest BCUT2D eigenvalue weighted by molar-refractivity contribution is 7.07. The van der Waals surface area contributed by atoms with Gasteiger partial charge >= 0.3 is 11.9 Å². The summed E-state index contributed by atoms with van der Waals surface area (Å²) in [5.41, 5.74) is 2.98. The van der Waals surface area contributed by atoms with Gasteiger partial charge in [0, 0.05) is 5.56 Å². The summed E-state index contributed by atoms with van der Waals surface area (Å²) in [4.78, 5) is 44.1. The highest BCUT2D eigenvalue weighted by atomic mass is 32.1. The van der Waals surface area contributed by atoms with Gasteiger partial charge in [0.2, 0.25) is 0 Å². The van der Waals surface area contributed by atoms with E-state index in [0.717, 1.165) is 11.1 Å². The quantitative estimate of drug-likeness (QED) is 0.204. The van der Waals surface area contributed by atoms with Crippen LogP contribution in [0.4, 0.5) is 0 Å². The molecule has 246 valence electrons. The fraction of sp³-hybridized carbons (Fsp3) is 0.250. The molecule has 5 rings (SSSR count). The number of benzene rings is 3. The molecule has 1 atom stereocenters. The third kappa shape index (κ3) is 7.32. The van der Waals surface area contributed by atoms with Gasteiger partial charge in [-0.05, 0) is 68.3 Å². The van der Waals surface area contributed by atoms with E-state index in [1.54, 1.807) is 69.3 Å². The molecule has 0 bridgehead atoms. The topological polar surface area (TPSA) is 138 Å². The molecule has 48 heavy (non-hydrogen) atoms. The van der Waals surface area contributed by atoms with Crippen molar-refractivity contribution < 1.29 is 33.3 Å². The average Bonchev–Trinajstić information content (AvgIpc) is 3.40. The Balaban J connectivity index is 1.51. The van der Waals surface area contributed by atoms with Crippen LogP contribution in [0.2, 0.25) is 0 Å². The Morgan fingerprint density at radius 1 is 1.00 bits per heavy atom. The van der Waals surface area contributed by atoms with Crippen molar-refractivity contribution in [3.63, 3.8) is 0 Å². The van der Waals surface area contributed by atoms with Crippen molar-refractivity contribution in [1.82, 2.24) is 4.57 Å². The number of hydrogen-bond acceptors (Lipinski definition) is 11. The van der Waals surface area contributed by atoms with Crippen molar-refractivity contribution in [2.75, 3.05) is 26.9 Å². The molecule has 0 unspecified atom stereocenters. The number of allylic oxidation sites excluding steroid dienone is 1. The van der Waals surface area contributed by atoms with Crippen LogP contribution >= 0.6 is 11.3 Å². The van der Waals surface area contributed by atoms with Crippen LogP contribution in [-0.4, -0.2) is 43.4 Å². The van der Waals surface area contributed by atoms with Crippen LogP contribution in [0.3, 0.4) is 0 Å². The zero-order valence-corrected chi connectivity index (χ0v) is 27.7. The van der Waals surface area contributed by atoms with Crippen LogP contribution in [0.5, 0.6) is 17.2 Å². The number of methoxy groups -OCH3 is 1. The Labute approximate surface area is 280 Å². The molecule has 12 heteroatoms. The fourth-order valence-electron chi connectivity index (χ4n) is 5.11. The minimum atomic E-state index is -0.872. The van der Waals surface area contributed by atoms with Gasteiger partial charge in [0.05, 0.1) is 53.8 Å². The maximum atomic E-state index is 14.1. The lowest BCUT2D eigenvalue weighted by molar-refractivity contribution is -0.143.